The molecule has 2 aliphatic carbocycles. The average Bonchev–Trinajstić information content (AvgIpc) is 2.74. The molecule has 1 aromatic carbocycles. The number of phenolic OH excluding ortho intramolecular Hbond substituents is 1. The van der Waals surface area contributed by atoms with Crippen molar-refractivity contribution in [1.29, 1.82) is 0 Å². The lowest BCUT2D eigenvalue weighted by Gasteiger charge is -2.40. The monoisotopic (exact) mass is 218 g/mol. The normalized spacial score (nSPS) is 26.9. The van der Waals surface area contributed by atoms with Gasteiger partial charge in [-0.15, -0.1) is 0 Å². The Labute approximate surface area is 95.9 Å². The van der Waals surface area contributed by atoms with E-state index in [1.807, 2.05) is 12.1 Å². The van der Waals surface area contributed by atoms with E-state index in [1.54, 1.807) is 6.07 Å². The molecule has 2 N–H and O–H groups in total. The number of rotatable bonds is 0. The van der Waals surface area contributed by atoms with Crippen molar-refractivity contribution in [2.75, 3.05) is 0 Å². The zero-order valence-corrected chi connectivity index (χ0v) is 9.45. The molecule has 0 amide bonds. The van der Waals surface area contributed by atoms with Gasteiger partial charge in [0.05, 0.1) is 6.10 Å². The van der Waals surface area contributed by atoms with Crippen LogP contribution in [0.25, 0.3) is 0 Å². The summed E-state index contributed by atoms with van der Waals surface area (Å²) in [5.74, 6) is 0.350. The van der Waals surface area contributed by atoms with Crippen molar-refractivity contribution in [3.8, 4) is 5.75 Å². The van der Waals surface area contributed by atoms with Crippen LogP contribution >= 0.6 is 0 Å². The summed E-state index contributed by atoms with van der Waals surface area (Å²) in [7, 11) is 0. The molecule has 1 atom stereocenters. The SMILES string of the molecule is Oc1ccc2c(c1)CCC(O)C21CCCC1. The second kappa shape index (κ2) is 3.49. The minimum absolute atomic E-state index is 0.00127. The summed E-state index contributed by atoms with van der Waals surface area (Å²) < 4.78 is 0. The molecule has 86 valence electrons. The van der Waals surface area contributed by atoms with E-state index in [-0.39, 0.29) is 11.5 Å². The standard InChI is InChI=1S/C14H18O2/c15-11-4-5-12-10(9-11)3-6-13(16)14(12)7-1-2-8-14/h4-5,9,13,15-16H,1-3,6-8H2. The maximum absolute atomic E-state index is 10.3. The van der Waals surface area contributed by atoms with Crippen LogP contribution in [0, 0.1) is 0 Å². The number of aryl methyl sites for hydroxylation is 1. The fraction of sp³-hybridized carbons (Fsp3) is 0.571. The van der Waals surface area contributed by atoms with Gasteiger partial charge in [0, 0.05) is 5.41 Å². The number of hydrogen-bond donors (Lipinski definition) is 2. The van der Waals surface area contributed by atoms with Gasteiger partial charge in [0.2, 0.25) is 0 Å². The maximum atomic E-state index is 10.3. The summed E-state index contributed by atoms with van der Waals surface area (Å²) in [5, 5.41) is 19.8. The van der Waals surface area contributed by atoms with Crippen molar-refractivity contribution in [3.05, 3.63) is 29.3 Å². The maximum Gasteiger partial charge on any atom is 0.115 e. The Hall–Kier alpha value is -1.02. The van der Waals surface area contributed by atoms with Gasteiger partial charge in [-0.25, -0.2) is 0 Å². The van der Waals surface area contributed by atoms with E-state index in [2.05, 4.69) is 0 Å². The highest BCUT2D eigenvalue weighted by atomic mass is 16.3. The van der Waals surface area contributed by atoms with Crippen LogP contribution in [0.3, 0.4) is 0 Å². The number of phenols is 1. The number of fused-ring (bicyclic) bond motifs is 2. The first kappa shape index (κ1) is 10.2. The third kappa shape index (κ3) is 1.29. The summed E-state index contributed by atoms with van der Waals surface area (Å²) in [6.07, 6.45) is 6.20. The van der Waals surface area contributed by atoms with Gasteiger partial charge in [0.25, 0.3) is 0 Å². The molecule has 2 heteroatoms. The van der Waals surface area contributed by atoms with Gasteiger partial charge in [-0.1, -0.05) is 18.9 Å². The third-order valence-electron chi connectivity index (χ3n) is 4.45. The largest absolute Gasteiger partial charge is 0.508 e. The summed E-state index contributed by atoms with van der Waals surface area (Å²) in [6, 6.07) is 5.66. The first-order chi connectivity index (χ1) is 7.72. The second-order valence-electron chi connectivity index (χ2n) is 5.26. The molecule has 1 fully saturated rings. The fourth-order valence-electron chi connectivity index (χ4n) is 3.63. The van der Waals surface area contributed by atoms with Crippen molar-refractivity contribution in [3.63, 3.8) is 0 Å². The smallest absolute Gasteiger partial charge is 0.115 e. The van der Waals surface area contributed by atoms with Crippen LogP contribution in [0.2, 0.25) is 0 Å². The molecule has 2 aliphatic rings. The molecular weight excluding hydrogens is 200 g/mol. The molecule has 0 radical (unpaired) electrons. The molecule has 1 unspecified atom stereocenters. The van der Waals surface area contributed by atoms with Gasteiger partial charge >= 0.3 is 0 Å². The first-order valence-electron chi connectivity index (χ1n) is 6.23. The van der Waals surface area contributed by atoms with Crippen LogP contribution in [0.15, 0.2) is 18.2 Å². The highest BCUT2D eigenvalue weighted by Crippen LogP contribution is 2.49. The topological polar surface area (TPSA) is 40.5 Å². The van der Waals surface area contributed by atoms with Crippen LogP contribution in [-0.4, -0.2) is 16.3 Å². The molecule has 0 heterocycles. The Morgan fingerprint density at radius 2 is 1.94 bits per heavy atom. The van der Waals surface area contributed by atoms with Gasteiger partial charge in [-0.05, 0) is 48.9 Å². The van der Waals surface area contributed by atoms with Crippen molar-refractivity contribution < 1.29 is 10.2 Å². The van der Waals surface area contributed by atoms with Crippen LogP contribution in [-0.2, 0) is 11.8 Å². The zero-order valence-electron chi connectivity index (χ0n) is 9.45. The van der Waals surface area contributed by atoms with Gasteiger partial charge in [-0.3, -0.25) is 0 Å². The molecule has 1 aromatic rings. The van der Waals surface area contributed by atoms with E-state index in [1.165, 1.54) is 24.0 Å². The zero-order chi connectivity index (χ0) is 11.2. The summed E-state index contributed by atoms with van der Waals surface area (Å²) in [5.41, 5.74) is 2.54. The molecule has 0 bridgehead atoms. The van der Waals surface area contributed by atoms with E-state index < -0.39 is 0 Å². The van der Waals surface area contributed by atoms with Gasteiger partial charge in [0.1, 0.15) is 5.75 Å². The molecule has 2 nitrogen and oxygen atoms in total. The summed E-state index contributed by atoms with van der Waals surface area (Å²) in [6.45, 7) is 0. The van der Waals surface area contributed by atoms with Gasteiger partial charge in [-0.2, -0.15) is 0 Å². The van der Waals surface area contributed by atoms with Crippen molar-refractivity contribution in [2.24, 2.45) is 0 Å². The Balaban J connectivity index is 2.13. The second-order valence-corrected chi connectivity index (χ2v) is 5.26. The Morgan fingerprint density at radius 3 is 2.69 bits per heavy atom. The molecule has 1 saturated carbocycles. The van der Waals surface area contributed by atoms with E-state index in [0.29, 0.717) is 5.75 Å². The molecule has 0 saturated heterocycles. The highest BCUT2D eigenvalue weighted by Gasteiger charge is 2.45. The molecule has 0 aliphatic heterocycles. The Morgan fingerprint density at radius 1 is 1.19 bits per heavy atom. The predicted octanol–water partition coefficient (Wildman–Crippen LogP) is 2.51. The van der Waals surface area contributed by atoms with Crippen LogP contribution in [0.1, 0.15) is 43.2 Å². The van der Waals surface area contributed by atoms with Crippen LogP contribution in [0.5, 0.6) is 5.75 Å². The fourth-order valence-corrected chi connectivity index (χ4v) is 3.63. The van der Waals surface area contributed by atoms with Crippen molar-refractivity contribution in [2.45, 2.75) is 50.0 Å². The first-order valence-corrected chi connectivity index (χ1v) is 6.23. The van der Waals surface area contributed by atoms with E-state index in [9.17, 15) is 10.2 Å². The quantitative estimate of drug-likeness (QED) is 0.702. The highest BCUT2D eigenvalue weighted by molar-refractivity contribution is 5.43. The number of aromatic hydroxyl groups is 1. The number of benzene rings is 1. The van der Waals surface area contributed by atoms with Crippen molar-refractivity contribution >= 4 is 0 Å². The van der Waals surface area contributed by atoms with Crippen LogP contribution in [0.4, 0.5) is 0 Å². The molecular formula is C14H18O2. The Kier molecular flexibility index (Phi) is 2.21. The van der Waals surface area contributed by atoms with Gasteiger partial charge < -0.3 is 10.2 Å². The van der Waals surface area contributed by atoms with E-state index >= 15 is 0 Å². The Bertz CT molecular complexity index is 405. The molecule has 1 spiro atoms. The molecule has 16 heavy (non-hydrogen) atoms. The number of hydrogen-bond acceptors (Lipinski definition) is 2. The van der Waals surface area contributed by atoms with Crippen molar-refractivity contribution in [1.82, 2.24) is 0 Å². The number of aliphatic hydroxyl groups excluding tert-OH is 1. The van der Waals surface area contributed by atoms with Gasteiger partial charge in [0.15, 0.2) is 0 Å². The lowest BCUT2D eigenvalue weighted by atomic mass is 9.67. The average molecular weight is 218 g/mol. The summed E-state index contributed by atoms with van der Waals surface area (Å²) >= 11 is 0. The third-order valence-corrected chi connectivity index (χ3v) is 4.45. The lowest BCUT2D eigenvalue weighted by molar-refractivity contribution is 0.0660. The van der Waals surface area contributed by atoms with E-state index in [4.69, 9.17) is 0 Å². The summed E-state index contributed by atoms with van der Waals surface area (Å²) in [4.78, 5) is 0. The van der Waals surface area contributed by atoms with Crippen LogP contribution < -0.4 is 0 Å². The number of aliphatic hydroxyl groups is 1. The molecule has 0 aromatic heterocycles. The van der Waals surface area contributed by atoms with E-state index in [0.717, 1.165) is 25.7 Å². The predicted molar refractivity (Wildman–Crippen MR) is 62.6 cm³/mol. The molecule has 3 rings (SSSR count). The minimum atomic E-state index is -0.188. The lowest BCUT2D eigenvalue weighted by Crippen LogP contribution is -2.41. The minimum Gasteiger partial charge on any atom is -0.508 e.